The van der Waals surface area contributed by atoms with Crippen LogP contribution in [0.4, 0.5) is 18.0 Å². The molecular weight excluding hydrogens is 453 g/mol. The molecule has 1 fully saturated rings. The van der Waals surface area contributed by atoms with Crippen molar-refractivity contribution in [1.29, 1.82) is 0 Å². The molecule has 3 atom stereocenters. The summed E-state index contributed by atoms with van der Waals surface area (Å²) in [7, 11) is 1.59. The molecule has 0 saturated carbocycles. The number of aryl methyl sites for hydroxylation is 1. The van der Waals surface area contributed by atoms with Gasteiger partial charge in [0.2, 0.25) is 0 Å². The molecule has 1 unspecified atom stereocenters. The first-order valence-electron chi connectivity index (χ1n) is 10.2. The van der Waals surface area contributed by atoms with Crippen molar-refractivity contribution in [2.75, 3.05) is 13.2 Å². The summed E-state index contributed by atoms with van der Waals surface area (Å²) in [6.07, 6.45) is -0.0233. The van der Waals surface area contributed by atoms with E-state index in [0.29, 0.717) is 13.0 Å². The van der Waals surface area contributed by atoms with Gasteiger partial charge in [-0.1, -0.05) is 11.6 Å². The number of primary amides is 1. The van der Waals surface area contributed by atoms with Crippen LogP contribution >= 0.6 is 11.6 Å². The Morgan fingerprint density at radius 2 is 2.22 bits per heavy atom. The molecule has 8 nitrogen and oxygen atoms in total. The molecule has 0 radical (unpaired) electrons. The van der Waals surface area contributed by atoms with Gasteiger partial charge in [0.25, 0.3) is 12.4 Å². The second-order valence-corrected chi connectivity index (χ2v) is 8.16. The van der Waals surface area contributed by atoms with Crippen LogP contribution in [0.5, 0.6) is 11.8 Å². The van der Waals surface area contributed by atoms with Crippen LogP contribution in [0, 0.1) is 5.82 Å². The van der Waals surface area contributed by atoms with Crippen molar-refractivity contribution in [3.05, 3.63) is 16.9 Å². The van der Waals surface area contributed by atoms with Gasteiger partial charge in [0.1, 0.15) is 29.0 Å². The fourth-order valence-corrected chi connectivity index (χ4v) is 3.95. The van der Waals surface area contributed by atoms with Crippen molar-refractivity contribution in [1.82, 2.24) is 14.9 Å². The zero-order chi connectivity index (χ0) is 23.4. The second kappa shape index (κ2) is 10.5. The maximum atomic E-state index is 14.5. The molecule has 2 heterocycles. The van der Waals surface area contributed by atoms with Gasteiger partial charge < -0.3 is 25.3 Å². The third-order valence-electron chi connectivity index (χ3n) is 5.24. The molecule has 2 amide bonds. The number of amides is 2. The average molecular weight is 479 g/mol. The van der Waals surface area contributed by atoms with Gasteiger partial charge in [-0.3, -0.25) is 4.57 Å². The number of fused-ring (bicyclic) bond motifs is 1. The van der Waals surface area contributed by atoms with E-state index in [1.165, 1.54) is 4.57 Å². The van der Waals surface area contributed by atoms with Gasteiger partial charge in [0.15, 0.2) is 5.82 Å². The first kappa shape index (κ1) is 24.2. The third kappa shape index (κ3) is 5.89. The first-order chi connectivity index (χ1) is 15.2. The number of nitrogens with one attached hydrogen (secondary N) is 1. The summed E-state index contributed by atoms with van der Waals surface area (Å²) in [5, 5.41) is 2.61. The van der Waals surface area contributed by atoms with Crippen LogP contribution in [0.15, 0.2) is 6.07 Å². The lowest BCUT2D eigenvalue weighted by molar-refractivity contribution is -0.0528. The van der Waals surface area contributed by atoms with E-state index in [1.807, 2.05) is 6.92 Å². The third-order valence-corrected chi connectivity index (χ3v) is 5.60. The number of rotatable bonds is 9. The van der Waals surface area contributed by atoms with Crippen LogP contribution < -0.4 is 20.5 Å². The molecule has 3 N–H and O–H groups in total. The smallest absolute Gasteiger partial charge is 0.312 e. The predicted molar refractivity (Wildman–Crippen MR) is 112 cm³/mol. The number of halogens is 4. The summed E-state index contributed by atoms with van der Waals surface area (Å²) in [4.78, 5) is 15.1. The molecule has 1 aromatic carbocycles. The Bertz CT molecular complexity index is 951. The minimum absolute atomic E-state index is 0.0226. The number of nitrogens with two attached hydrogens (primary N) is 1. The van der Waals surface area contributed by atoms with Gasteiger partial charge in [-0.15, -0.1) is 0 Å². The molecule has 1 aromatic heterocycles. The fraction of sp³-hybridized carbons (Fsp3) is 0.600. The normalized spacial score (nSPS) is 19.8. The number of aromatic nitrogens is 2. The molecule has 32 heavy (non-hydrogen) atoms. The Balaban J connectivity index is 1.62. The highest BCUT2D eigenvalue weighted by atomic mass is 35.5. The predicted octanol–water partition coefficient (Wildman–Crippen LogP) is 3.77. The topological polar surface area (TPSA) is 101 Å². The molecule has 0 aliphatic carbocycles. The molecule has 1 aliphatic rings. The highest BCUT2D eigenvalue weighted by molar-refractivity contribution is 6.36. The van der Waals surface area contributed by atoms with E-state index in [2.05, 4.69) is 10.3 Å². The van der Waals surface area contributed by atoms with Crippen LogP contribution in [0.2, 0.25) is 5.02 Å². The molecule has 3 rings (SSSR count). The Kier molecular flexibility index (Phi) is 7.94. The molecule has 2 aromatic rings. The molecule has 1 aliphatic heterocycles. The summed E-state index contributed by atoms with van der Waals surface area (Å²) < 4.78 is 57.5. The Labute approximate surface area is 188 Å². The van der Waals surface area contributed by atoms with Crippen molar-refractivity contribution in [2.45, 2.75) is 57.3 Å². The van der Waals surface area contributed by atoms with Gasteiger partial charge in [-0.2, -0.15) is 4.98 Å². The molecule has 178 valence electrons. The van der Waals surface area contributed by atoms with E-state index in [0.717, 1.165) is 25.3 Å². The summed E-state index contributed by atoms with van der Waals surface area (Å²) in [5.74, 6) is -0.937. The second-order valence-electron chi connectivity index (χ2n) is 7.78. The van der Waals surface area contributed by atoms with Gasteiger partial charge >= 0.3 is 6.03 Å². The summed E-state index contributed by atoms with van der Waals surface area (Å²) in [6, 6.07) is 0.478. The van der Waals surface area contributed by atoms with Crippen molar-refractivity contribution >= 4 is 28.7 Å². The highest BCUT2D eigenvalue weighted by Crippen LogP contribution is 2.37. The van der Waals surface area contributed by atoms with Crippen LogP contribution in [0.1, 0.15) is 32.6 Å². The van der Waals surface area contributed by atoms with Crippen molar-refractivity contribution in [3.63, 3.8) is 0 Å². The zero-order valence-corrected chi connectivity index (χ0v) is 18.5. The quantitative estimate of drug-likeness (QED) is 0.571. The van der Waals surface area contributed by atoms with E-state index < -0.39 is 24.9 Å². The van der Waals surface area contributed by atoms with Crippen molar-refractivity contribution < 1.29 is 32.2 Å². The van der Waals surface area contributed by atoms with E-state index in [-0.39, 0.29) is 46.1 Å². The minimum Gasteiger partial charge on any atom is -0.486 e. The van der Waals surface area contributed by atoms with E-state index in [9.17, 15) is 18.0 Å². The zero-order valence-electron chi connectivity index (χ0n) is 17.7. The summed E-state index contributed by atoms with van der Waals surface area (Å²) >= 11 is 6.26. The van der Waals surface area contributed by atoms with E-state index in [1.54, 1.807) is 7.05 Å². The number of benzene rings is 1. The highest BCUT2D eigenvalue weighted by Gasteiger charge is 2.26. The lowest BCUT2D eigenvalue weighted by Crippen LogP contribution is -2.38. The van der Waals surface area contributed by atoms with Gasteiger partial charge in [0, 0.05) is 19.2 Å². The molecule has 12 heteroatoms. The number of carbonyl (C=O) groups is 1. The number of hydrogen-bond acceptors (Lipinski definition) is 5. The number of hydrogen-bond donors (Lipinski definition) is 2. The SMILES string of the molecule is C[C@@H](CC[C@@H]1CCC(Oc2nc3c(F)cc(OCC(F)F)c(Cl)c3n2C)CO1)NC(N)=O. The fourth-order valence-electron chi connectivity index (χ4n) is 3.62. The number of nitrogens with zero attached hydrogens (tertiary/aromatic N) is 2. The van der Waals surface area contributed by atoms with Crippen LogP contribution in [-0.4, -0.2) is 53.5 Å². The molecule has 0 spiro atoms. The monoisotopic (exact) mass is 478 g/mol. The van der Waals surface area contributed by atoms with Crippen LogP contribution in [-0.2, 0) is 11.8 Å². The standard InChI is InChI=1S/C20H26ClF3N4O4/c1-10(26-19(25)29)3-4-11-5-6-12(8-30-11)32-20-27-17-13(22)7-14(31-9-15(23)24)16(21)18(17)28(20)2/h7,10-12,15H,3-6,8-9H2,1-2H3,(H3,25,26,29)/t10-,11+,12?/m0/s1. The molecule has 1 saturated heterocycles. The maximum absolute atomic E-state index is 14.5. The van der Waals surface area contributed by atoms with Gasteiger partial charge in [-0.25, -0.2) is 18.0 Å². The number of urea groups is 1. The number of carbonyl (C=O) groups excluding carboxylic acids is 1. The summed E-state index contributed by atoms with van der Waals surface area (Å²) in [5.41, 5.74) is 5.26. The lowest BCUT2D eigenvalue weighted by atomic mass is 10.0. The average Bonchev–Trinajstić information content (AvgIpc) is 3.05. The number of imidazole rings is 1. The largest absolute Gasteiger partial charge is 0.486 e. The van der Waals surface area contributed by atoms with E-state index >= 15 is 0 Å². The molecule has 0 bridgehead atoms. The number of alkyl halides is 2. The Morgan fingerprint density at radius 1 is 1.47 bits per heavy atom. The Hall–Kier alpha value is -2.40. The first-order valence-corrected chi connectivity index (χ1v) is 10.6. The van der Waals surface area contributed by atoms with Crippen LogP contribution in [0.3, 0.4) is 0 Å². The van der Waals surface area contributed by atoms with Gasteiger partial charge in [0.05, 0.1) is 18.2 Å². The van der Waals surface area contributed by atoms with Gasteiger partial charge in [-0.05, 0) is 32.6 Å². The van der Waals surface area contributed by atoms with Crippen LogP contribution in [0.25, 0.3) is 11.0 Å². The summed E-state index contributed by atoms with van der Waals surface area (Å²) in [6.45, 7) is 1.30. The maximum Gasteiger partial charge on any atom is 0.312 e. The van der Waals surface area contributed by atoms with E-state index in [4.69, 9.17) is 31.5 Å². The van der Waals surface area contributed by atoms with Crippen molar-refractivity contribution in [2.24, 2.45) is 12.8 Å². The minimum atomic E-state index is -2.71. The van der Waals surface area contributed by atoms with Crippen molar-refractivity contribution in [3.8, 4) is 11.8 Å². The Morgan fingerprint density at radius 3 is 2.84 bits per heavy atom. The lowest BCUT2D eigenvalue weighted by Gasteiger charge is -2.29. The number of ether oxygens (including phenoxy) is 3. The molecular formula is C20H26ClF3N4O4.